The molecule has 10 heavy (non-hydrogen) atoms. The van der Waals surface area contributed by atoms with Crippen LogP contribution in [0.15, 0.2) is 0 Å². The van der Waals surface area contributed by atoms with E-state index in [4.69, 9.17) is 9.47 Å². The average Bonchev–Trinajstić information content (AvgIpc) is 1.79. The molecular weight excluding hydrogens is 128 g/mol. The summed E-state index contributed by atoms with van der Waals surface area (Å²) in [5, 5.41) is 0. The van der Waals surface area contributed by atoms with Crippen LogP contribution in [0.2, 0.25) is 0 Å². The molecule has 0 N–H and O–H groups in total. The van der Waals surface area contributed by atoms with Crippen molar-refractivity contribution < 1.29 is 9.47 Å². The third-order valence-electron chi connectivity index (χ3n) is 1.86. The molecule has 0 aliphatic carbocycles. The molecule has 0 aromatic carbocycles. The molecule has 1 heterocycles. The molecule has 0 spiro atoms. The molecule has 0 saturated carbocycles. The van der Waals surface area contributed by atoms with Crippen molar-refractivity contribution in [2.24, 2.45) is 0 Å². The summed E-state index contributed by atoms with van der Waals surface area (Å²) in [6, 6.07) is 0. The van der Waals surface area contributed by atoms with Crippen LogP contribution in [0.5, 0.6) is 0 Å². The van der Waals surface area contributed by atoms with E-state index in [1.165, 1.54) is 0 Å². The molecule has 0 aromatic rings. The second-order valence-corrected chi connectivity index (χ2v) is 3.60. The molecule has 0 bridgehead atoms. The van der Waals surface area contributed by atoms with Gasteiger partial charge < -0.3 is 9.47 Å². The molecular formula is C8H16O2. The van der Waals surface area contributed by atoms with Crippen LogP contribution < -0.4 is 0 Å². The van der Waals surface area contributed by atoms with Crippen LogP contribution in [0.3, 0.4) is 0 Å². The maximum atomic E-state index is 5.66. The molecule has 1 aliphatic heterocycles. The van der Waals surface area contributed by atoms with Gasteiger partial charge in [0, 0.05) is 0 Å². The van der Waals surface area contributed by atoms with Gasteiger partial charge in [0.15, 0.2) is 0 Å². The van der Waals surface area contributed by atoms with E-state index in [0.717, 1.165) is 0 Å². The van der Waals surface area contributed by atoms with Gasteiger partial charge in [0.25, 0.3) is 0 Å². The molecule has 1 aliphatic rings. The van der Waals surface area contributed by atoms with Gasteiger partial charge in [-0.05, 0) is 27.7 Å². The van der Waals surface area contributed by atoms with Crippen LogP contribution >= 0.6 is 0 Å². The Morgan fingerprint density at radius 2 is 1.80 bits per heavy atom. The minimum Gasteiger partial charge on any atom is -0.373 e. The van der Waals surface area contributed by atoms with Crippen LogP contribution in [0.25, 0.3) is 0 Å². The highest BCUT2D eigenvalue weighted by Crippen LogP contribution is 2.21. The van der Waals surface area contributed by atoms with Crippen molar-refractivity contribution in [3.63, 3.8) is 0 Å². The fraction of sp³-hybridized carbons (Fsp3) is 1.00. The Morgan fingerprint density at radius 3 is 2.20 bits per heavy atom. The molecule has 2 heteroatoms. The van der Waals surface area contributed by atoms with Gasteiger partial charge in [-0.1, -0.05) is 0 Å². The maximum absolute atomic E-state index is 5.66. The summed E-state index contributed by atoms with van der Waals surface area (Å²) in [6.07, 6.45) is 0.469. The number of hydrogen-bond donors (Lipinski definition) is 0. The number of rotatable bonds is 0. The van der Waals surface area contributed by atoms with Crippen LogP contribution in [-0.2, 0) is 9.47 Å². The summed E-state index contributed by atoms with van der Waals surface area (Å²) in [6.45, 7) is 8.90. The molecule has 0 radical (unpaired) electrons. The smallest absolute Gasteiger partial charge is 0.0864 e. The lowest BCUT2D eigenvalue weighted by Crippen LogP contribution is -2.46. The first-order valence-corrected chi connectivity index (χ1v) is 3.81. The highest BCUT2D eigenvalue weighted by Gasteiger charge is 2.31. The van der Waals surface area contributed by atoms with Gasteiger partial charge in [0.1, 0.15) is 0 Å². The first kappa shape index (κ1) is 8.02. The maximum Gasteiger partial charge on any atom is 0.0864 e. The molecule has 0 amide bonds. The van der Waals surface area contributed by atoms with Gasteiger partial charge in [0.2, 0.25) is 0 Å². The fourth-order valence-electron chi connectivity index (χ4n) is 1.10. The van der Waals surface area contributed by atoms with E-state index in [0.29, 0.717) is 6.61 Å². The van der Waals surface area contributed by atoms with Gasteiger partial charge in [0.05, 0.1) is 24.4 Å². The third-order valence-corrected chi connectivity index (χ3v) is 1.86. The zero-order chi connectivity index (χ0) is 7.78. The summed E-state index contributed by atoms with van der Waals surface area (Å²) >= 11 is 0. The van der Waals surface area contributed by atoms with Crippen LogP contribution in [0.1, 0.15) is 27.7 Å². The highest BCUT2D eigenvalue weighted by atomic mass is 16.6. The van der Waals surface area contributed by atoms with Gasteiger partial charge in [-0.2, -0.15) is 0 Å². The lowest BCUT2D eigenvalue weighted by atomic mass is 10.1. The first-order valence-electron chi connectivity index (χ1n) is 3.81. The van der Waals surface area contributed by atoms with Gasteiger partial charge in [-0.25, -0.2) is 0 Å². The third kappa shape index (κ3) is 1.70. The predicted octanol–water partition coefficient (Wildman–Crippen LogP) is 1.59. The van der Waals surface area contributed by atoms with E-state index in [2.05, 4.69) is 13.8 Å². The van der Waals surface area contributed by atoms with Crippen molar-refractivity contribution >= 4 is 0 Å². The van der Waals surface area contributed by atoms with E-state index >= 15 is 0 Å². The van der Waals surface area contributed by atoms with Crippen molar-refractivity contribution in [3.8, 4) is 0 Å². The van der Waals surface area contributed by atoms with E-state index in [-0.39, 0.29) is 17.8 Å². The summed E-state index contributed by atoms with van der Waals surface area (Å²) < 4.78 is 11.1. The van der Waals surface area contributed by atoms with Crippen LogP contribution in [0, 0.1) is 0 Å². The van der Waals surface area contributed by atoms with Crippen LogP contribution in [0.4, 0.5) is 0 Å². The van der Waals surface area contributed by atoms with Crippen molar-refractivity contribution in [2.45, 2.75) is 45.5 Å². The van der Waals surface area contributed by atoms with Crippen molar-refractivity contribution in [1.82, 2.24) is 0 Å². The van der Waals surface area contributed by atoms with E-state index in [1.807, 2.05) is 13.8 Å². The summed E-state index contributed by atoms with van der Waals surface area (Å²) in [4.78, 5) is 0. The molecule has 60 valence electrons. The highest BCUT2D eigenvalue weighted by molar-refractivity contribution is 4.77. The Kier molecular flexibility index (Phi) is 2.02. The Balaban J connectivity index is 2.49. The lowest BCUT2D eigenvalue weighted by Gasteiger charge is -2.38. The van der Waals surface area contributed by atoms with Gasteiger partial charge in [-0.3, -0.25) is 0 Å². The zero-order valence-electron chi connectivity index (χ0n) is 7.18. The van der Waals surface area contributed by atoms with E-state index < -0.39 is 0 Å². The van der Waals surface area contributed by atoms with Crippen molar-refractivity contribution in [3.05, 3.63) is 0 Å². The SMILES string of the molecule is CC1OCC(C)(C)OC1C. The molecule has 1 fully saturated rings. The fourth-order valence-corrected chi connectivity index (χ4v) is 1.10. The standard InChI is InChI=1S/C8H16O2/c1-6-7(2)10-8(3,4)5-9-6/h6-7H,5H2,1-4H3. The molecule has 2 atom stereocenters. The van der Waals surface area contributed by atoms with E-state index in [1.54, 1.807) is 0 Å². The average molecular weight is 144 g/mol. The molecule has 2 nitrogen and oxygen atoms in total. The summed E-state index contributed by atoms with van der Waals surface area (Å²) in [7, 11) is 0. The Morgan fingerprint density at radius 1 is 1.20 bits per heavy atom. The second-order valence-electron chi connectivity index (χ2n) is 3.60. The quantitative estimate of drug-likeness (QED) is 0.514. The second kappa shape index (κ2) is 2.51. The predicted molar refractivity (Wildman–Crippen MR) is 40.0 cm³/mol. The molecule has 1 saturated heterocycles. The summed E-state index contributed by atoms with van der Waals surface area (Å²) in [5.74, 6) is 0. The largest absolute Gasteiger partial charge is 0.373 e. The van der Waals surface area contributed by atoms with Crippen molar-refractivity contribution in [1.29, 1.82) is 0 Å². The van der Waals surface area contributed by atoms with Gasteiger partial charge >= 0.3 is 0 Å². The molecule has 2 unspecified atom stereocenters. The minimum absolute atomic E-state index is 0.0913. The molecule has 1 rings (SSSR count). The van der Waals surface area contributed by atoms with Gasteiger partial charge in [-0.15, -0.1) is 0 Å². The zero-order valence-corrected chi connectivity index (χ0v) is 7.18. The lowest BCUT2D eigenvalue weighted by molar-refractivity contribution is -0.207. The van der Waals surface area contributed by atoms with E-state index in [9.17, 15) is 0 Å². The minimum atomic E-state index is -0.0913. The van der Waals surface area contributed by atoms with Crippen molar-refractivity contribution in [2.75, 3.05) is 6.61 Å². The molecule has 0 aromatic heterocycles. The Labute approximate surface area is 62.5 Å². The summed E-state index contributed by atoms with van der Waals surface area (Å²) in [5.41, 5.74) is -0.0913. The normalized spacial score (nSPS) is 39.6. The number of hydrogen-bond acceptors (Lipinski definition) is 2. The topological polar surface area (TPSA) is 18.5 Å². The van der Waals surface area contributed by atoms with Crippen LogP contribution in [-0.4, -0.2) is 24.4 Å². The Hall–Kier alpha value is -0.0800. The Bertz CT molecular complexity index is 120. The first-order chi connectivity index (χ1) is 4.51. The monoisotopic (exact) mass is 144 g/mol. The number of ether oxygens (including phenoxy) is 2.